The van der Waals surface area contributed by atoms with E-state index in [0.29, 0.717) is 5.56 Å². The van der Waals surface area contributed by atoms with Crippen LogP contribution in [0.5, 0.6) is 0 Å². The van der Waals surface area contributed by atoms with Crippen molar-refractivity contribution in [2.75, 3.05) is 0 Å². The van der Waals surface area contributed by atoms with Crippen molar-refractivity contribution in [3.63, 3.8) is 0 Å². The van der Waals surface area contributed by atoms with Crippen LogP contribution in [0, 0.1) is 21.4 Å². The number of benzene rings is 3. The fourth-order valence-corrected chi connectivity index (χ4v) is 2.99. The molecule has 0 aliphatic rings. The van der Waals surface area contributed by atoms with E-state index in [1.54, 1.807) is 30.4 Å². The highest BCUT2D eigenvalue weighted by Crippen LogP contribution is 2.23. The lowest BCUT2D eigenvalue weighted by atomic mass is 9.97. The zero-order chi connectivity index (χ0) is 19.8. The van der Waals surface area contributed by atoms with Crippen LogP contribution < -0.4 is 5.32 Å². The molecule has 5 nitrogen and oxygen atoms in total. The molecular formula is C23H19N3O2. The Morgan fingerprint density at radius 1 is 0.893 bits per heavy atom. The van der Waals surface area contributed by atoms with Crippen molar-refractivity contribution in [3.8, 4) is 6.07 Å². The van der Waals surface area contributed by atoms with Gasteiger partial charge in [-0.1, -0.05) is 78.9 Å². The van der Waals surface area contributed by atoms with E-state index in [4.69, 9.17) is 0 Å². The molecule has 3 aromatic rings. The molecule has 0 aliphatic heterocycles. The number of hydrogen-bond acceptors (Lipinski definition) is 4. The molecule has 0 aromatic heterocycles. The molecule has 5 heteroatoms. The highest BCUT2D eigenvalue weighted by Gasteiger charge is 2.17. The zero-order valence-corrected chi connectivity index (χ0v) is 15.1. The average molecular weight is 369 g/mol. The number of nitrogens with one attached hydrogen (secondary N) is 1. The molecule has 3 aromatic carbocycles. The molecule has 0 spiro atoms. The molecule has 3 rings (SSSR count). The lowest BCUT2D eigenvalue weighted by Gasteiger charge is -2.21. The van der Waals surface area contributed by atoms with Gasteiger partial charge in [-0.05, 0) is 23.3 Å². The Kier molecular flexibility index (Phi) is 6.29. The van der Waals surface area contributed by atoms with Crippen molar-refractivity contribution in [3.05, 3.63) is 118 Å². The summed E-state index contributed by atoms with van der Waals surface area (Å²) in [6, 6.07) is 27.6. The summed E-state index contributed by atoms with van der Waals surface area (Å²) in [6.07, 6.45) is 3.27. The van der Waals surface area contributed by atoms with E-state index < -0.39 is 11.0 Å². The third kappa shape index (κ3) is 4.70. The van der Waals surface area contributed by atoms with E-state index in [1.165, 1.54) is 6.07 Å². The van der Waals surface area contributed by atoms with E-state index in [-0.39, 0.29) is 11.7 Å². The highest BCUT2D eigenvalue weighted by molar-refractivity contribution is 5.61. The molecule has 0 heterocycles. The van der Waals surface area contributed by atoms with Crippen LogP contribution in [0.3, 0.4) is 0 Å². The number of nitro benzene ring substituents is 1. The summed E-state index contributed by atoms with van der Waals surface area (Å²) in [6.45, 7) is 0. The van der Waals surface area contributed by atoms with Gasteiger partial charge in [0.1, 0.15) is 6.04 Å². The Hall–Kier alpha value is -3.75. The first-order chi connectivity index (χ1) is 13.7. The Morgan fingerprint density at radius 3 is 1.96 bits per heavy atom. The van der Waals surface area contributed by atoms with Gasteiger partial charge >= 0.3 is 0 Å². The quantitative estimate of drug-likeness (QED) is 0.475. The average Bonchev–Trinajstić information content (AvgIpc) is 2.75. The Morgan fingerprint density at radius 2 is 1.43 bits per heavy atom. The maximum absolute atomic E-state index is 11.2. The molecular weight excluding hydrogens is 350 g/mol. The van der Waals surface area contributed by atoms with Crippen LogP contribution >= 0.6 is 0 Å². The second kappa shape index (κ2) is 9.26. The third-order valence-corrected chi connectivity index (χ3v) is 4.35. The first-order valence-electron chi connectivity index (χ1n) is 8.86. The summed E-state index contributed by atoms with van der Waals surface area (Å²) in [4.78, 5) is 10.7. The van der Waals surface area contributed by atoms with Crippen molar-refractivity contribution in [1.29, 1.82) is 5.26 Å². The number of rotatable bonds is 7. The van der Waals surface area contributed by atoms with E-state index in [0.717, 1.165) is 11.1 Å². The Balaban J connectivity index is 1.87. The van der Waals surface area contributed by atoms with Crippen LogP contribution in [-0.2, 0) is 0 Å². The highest BCUT2D eigenvalue weighted by atomic mass is 16.6. The van der Waals surface area contributed by atoms with Crippen LogP contribution in [0.25, 0.3) is 6.08 Å². The molecule has 0 amide bonds. The molecule has 0 radical (unpaired) electrons. The maximum atomic E-state index is 11.2. The Labute approximate surface area is 163 Å². The largest absolute Gasteiger partial charge is 0.288 e. The lowest BCUT2D eigenvalue weighted by molar-refractivity contribution is -0.385. The van der Waals surface area contributed by atoms with Crippen molar-refractivity contribution >= 4 is 11.8 Å². The molecule has 0 bridgehead atoms. The molecule has 28 heavy (non-hydrogen) atoms. The first kappa shape index (κ1) is 19.0. The van der Waals surface area contributed by atoms with Gasteiger partial charge in [0.25, 0.3) is 5.69 Å². The summed E-state index contributed by atoms with van der Waals surface area (Å²) >= 11 is 0. The van der Waals surface area contributed by atoms with Crippen molar-refractivity contribution in [1.82, 2.24) is 5.32 Å². The number of hydrogen-bond donors (Lipinski definition) is 1. The van der Waals surface area contributed by atoms with Gasteiger partial charge in [0.05, 0.1) is 22.6 Å². The molecule has 0 saturated carbocycles. The van der Waals surface area contributed by atoms with Crippen LogP contribution in [0.2, 0.25) is 0 Å². The third-order valence-electron chi connectivity index (χ3n) is 4.35. The minimum absolute atomic E-state index is 0.0121. The van der Waals surface area contributed by atoms with Gasteiger partial charge in [-0.15, -0.1) is 0 Å². The van der Waals surface area contributed by atoms with Crippen LogP contribution in [0.15, 0.2) is 91.0 Å². The summed E-state index contributed by atoms with van der Waals surface area (Å²) in [5.41, 5.74) is 2.55. The van der Waals surface area contributed by atoms with Crippen molar-refractivity contribution < 1.29 is 4.92 Å². The van der Waals surface area contributed by atoms with Gasteiger partial charge in [-0.2, -0.15) is 5.26 Å². The minimum Gasteiger partial charge on any atom is -0.288 e. The first-order valence-corrected chi connectivity index (χ1v) is 8.86. The number of nitro groups is 1. The Bertz CT molecular complexity index is 956. The predicted molar refractivity (Wildman–Crippen MR) is 109 cm³/mol. The van der Waals surface area contributed by atoms with Gasteiger partial charge in [-0.25, -0.2) is 0 Å². The lowest BCUT2D eigenvalue weighted by Crippen LogP contribution is -2.31. The second-order valence-corrected chi connectivity index (χ2v) is 6.20. The SMILES string of the molecule is N#C[C@H](/C=C/c1ccccc1[N+](=O)[O-])NC(c1ccccc1)c1ccccc1. The van der Waals surface area contributed by atoms with E-state index in [9.17, 15) is 15.4 Å². The monoisotopic (exact) mass is 369 g/mol. The van der Waals surface area contributed by atoms with Crippen molar-refractivity contribution in [2.45, 2.75) is 12.1 Å². The summed E-state index contributed by atoms with van der Waals surface area (Å²) in [5.74, 6) is 0. The minimum atomic E-state index is -0.620. The fourth-order valence-electron chi connectivity index (χ4n) is 2.99. The molecule has 0 unspecified atom stereocenters. The number of nitrogens with zero attached hydrogens (tertiary/aromatic N) is 2. The topological polar surface area (TPSA) is 79.0 Å². The van der Waals surface area contributed by atoms with Crippen molar-refractivity contribution in [2.24, 2.45) is 0 Å². The van der Waals surface area contributed by atoms with E-state index in [2.05, 4.69) is 11.4 Å². The molecule has 138 valence electrons. The van der Waals surface area contributed by atoms with E-state index >= 15 is 0 Å². The normalized spacial score (nSPS) is 12.0. The van der Waals surface area contributed by atoms with Crippen LogP contribution in [0.1, 0.15) is 22.7 Å². The van der Waals surface area contributed by atoms with Gasteiger partial charge < -0.3 is 0 Å². The standard InChI is InChI=1S/C23H19N3O2/c24-17-21(16-15-18-9-7-8-14-22(18)26(27)28)25-23(19-10-3-1-4-11-19)20-12-5-2-6-13-20/h1-16,21,23,25H/b16-15+/t21-/m0/s1. The fraction of sp³-hybridized carbons (Fsp3) is 0.0870. The summed E-state index contributed by atoms with van der Waals surface area (Å²) in [5, 5.41) is 24.1. The predicted octanol–water partition coefficient (Wildman–Crippen LogP) is 4.88. The van der Waals surface area contributed by atoms with Gasteiger partial charge in [0, 0.05) is 6.07 Å². The van der Waals surface area contributed by atoms with Gasteiger partial charge in [0.2, 0.25) is 0 Å². The molecule has 0 aliphatic carbocycles. The molecule has 0 saturated heterocycles. The van der Waals surface area contributed by atoms with Gasteiger partial charge in [0.15, 0.2) is 0 Å². The van der Waals surface area contributed by atoms with Crippen LogP contribution in [-0.4, -0.2) is 11.0 Å². The van der Waals surface area contributed by atoms with E-state index in [1.807, 2.05) is 60.7 Å². The summed E-state index contributed by atoms with van der Waals surface area (Å²) in [7, 11) is 0. The second-order valence-electron chi connectivity index (χ2n) is 6.20. The number of nitriles is 1. The zero-order valence-electron chi connectivity index (χ0n) is 15.1. The maximum Gasteiger partial charge on any atom is 0.276 e. The smallest absolute Gasteiger partial charge is 0.276 e. The molecule has 1 N–H and O–H groups in total. The molecule has 1 atom stereocenters. The van der Waals surface area contributed by atoms with Gasteiger partial charge in [-0.3, -0.25) is 15.4 Å². The number of para-hydroxylation sites is 1. The molecule has 0 fully saturated rings. The van der Waals surface area contributed by atoms with Crippen LogP contribution in [0.4, 0.5) is 5.69 Å². The summed E-state index contributed by atoms with van der Waals surface area (Å²) < 4.78 is 0.